The van der Waals surface area contributed by atoms with E-state index >= 15 is 0 Å². The van der Waals surface area contributed by atoms with Gasteiger partial charge in [-0.1, -0.05) is 12.1 Å². The van der Waals surface area contributed by atoms with Crippen LogP contribution in [0.1, 0.15) is 16.7 Å². The lowest BCUT2D eigenvalue weighted by Crippen LogP contribution is -2.13. The SMILES string of the molecule is Cc1cc(OCc2ccc(C#N)cc2)ccc1S(N)(=O)=O. The summed E-state index contributed by atoms with van der Waals surface area (Å²) in [4.78, 5) is 0.0909. The topological polar surface area (TPSA) is 93.2 Å². The van der Waals surface area contributed by atoms with Crippen LogP contribution in [0.25, 0.3) is 0 Å². The molecule has 0 atom stereocenters. The highest BCUT2D eigenvalue weighted by molar-refractivity contribution is 7.89. The van der Waals surface area contributed by atoms with E-state index in [0.717, 1.165) is 5.56 Å². The number of aryl methyl sites for hydroxylation is 1. The van der Waals surface area contributed by atoms with Gasteiger partial charge in [0.05, 0.1) is 16.5 Å². The average molecular weight is 302 g/mol. The first kappa shape index (κ1) is 15.0. The molecule has 0 aliphatic rings. The zero-order chi connectivity index (χ0) is 15.5. The summed E-state index contributed by atoms with van der Waals surface area (Å²) in [7, 11) is -3.71. The second-order valence-electron chi connectivity index (χ2n) is 4.57. The standard InChI is InChI=1S/C15H14N2O3S/c1-11-8-14(6-7-15(11)21(17,18)19)20-10-13-4-2-12(9-16)3-5-13/h2-8H,10H2,1H3,(H2,17,18,19). The monoisotopic (exact) mass is 302 g/mol. The minimum atomic E-state index is -3.71. The Morgan fingerprint density at radius 2 is 1.86 bits per heavy atom. The molecule has 0 heterocycles. The van der Waals surface area contributed by atoms with E-state index in [1.165, 1.54) is 6.07 Å². The van der Waals surface area contributed by atoms with Crippen molar-refractivity contribution in [1.29, 1.82) is 5.26 Å². The maximum atomic E-state index is 11.3. The van der Waals surface area contributed by atoms with E-state index < -0.39 is 10.0 Å². The number of nitrogens with two attached hydrogens (primary N) is 1. The van der Waals surface area contributed by atoms with Gasteiger partial charge < -0.3 is 4.74 Å². The van der Waals surface area contributed by atoms with Crippen LogP contribution in [0.2, 0.25) is 0 Å². The highest BCUT2D eigenvalue weighted by atomic mass is 32.2. The molecule has 21 heavy (non-hydrogen) atoms. The molecule has 0 amide bonds. The van der Waals surface area contributed by atoms with E-state index in [-0.39, 0.29) is 4.90 Å². The van der Waals surface area contributed by atoms with Gasteiger partial charge in [-0.2, -0.15) is 5.26 Å². The van der Waals surface area contributed by atoms with Crippen molar-refractivity contribution in [3.05, 3.63) is 59.2 Å². The van der Waals surface area contributed by atoms with Crippen molar-refractivity contribution in [1.82, 2.24) is 0 Å². The predicted molar refractivity (Wildman–Crippen MR) is 78.0 cm³/mol. The number of nitrogens with zero attached hydrogens (tertiary/aromatic N) is 1. The molecule has 0 bridgehead atoms. The molecule has 5 nitrogen and oxygen atoms in total. The van der Waals surface area contributed by atoms with Crippen LogP contribution in [0.3, 0.4) is 0 Å². The summed E-state index contributed by atoms with van der Waals surface area (Å²) in [5.41, 5.74) is 2.05. The minimum Gasteiger partial charge on any atom is -0.489 e. The summed E-state index contributed by atoms with van der Waals surface area (Å²) >= 11 is 0. The zero-order valence-corrected chi connectivity index (χ0v) is 12.2. The summed E-state index contributed by atoms with van der Waals surface area (Å²) in [5, 5.41) is 13.8. The van der Waals surface area contributed by atoms with Gasteiger partial charge in [0.1, 0.15) is 12.4 Å². The summed E-state index contributed by atoms with van der Waals surface area (Å²) in [6.07, 6.45) is 0. The van der Waals surface area contributed by atoms with Crippen molar-refractivity contribution in [2.24, 2.45) is 5.14 Å². The Kier molecular flexibility index (Phi) is 4.26. The number of benzene rings is 2. The molecular formula is C15H14N2O3S. The molecular weight excluding hydrogens is 288 g/mol. The lowest BCUT2D eigenvalue weighted by Gasteiger charge is -2.09. The molecule has 108 valence electrons. The van der Waals surface area contributed by atoms with Gasteiger partial charge in [0, 0.05) is 0 Å². The van der Waals surface area contributed by atoms with Crippen molar-refractivity contribution in [3.63, 3.8) is 0 Å². The summed E-state index contributed by atoms with van der Waals surface area (Å²) in [5.74, 6) is 0.559. The van der Waals surface area contributed by atoms with E-state index in [0.29, 0.717) is 23.5 Å². The van der Waals surface area contributed by atoms with Crippen molar-refractivity contribution in [2.75, 3.05) is 0 Å². The van der Waals surface area contributed by atoms with Crippen LogP contribution in [0.4, 0.5) is 0 Å². The second kappa shape index (κ2) is 5.95. The third-order valence-corrected chi connectivity index (χ3v) is 4.01. The Morgan fingerprint density at radius 1 is 1.19 bits per heavy atom. The van der Waals surface area contributed by atoms with Gasteiger partial charge in [-0.15, -0.1) is 0 Å². The number of hydrogen-bond donors (Lipinski definition) is 1. The van der Waals surface area contributed by atoms with Gasteiger partial charge in [0.2, 0.25) is 10.0 Å². The highest BCUT2D eigenvalue weighted by Crippen LogP contribution is 2.21. The van der Waals surface area contributed by atoms with Crippen LogP contribution in [0, 0.1) is 18.3 Å². The van der Waals surface area contributed by atoms with E-state index in [9.17, 15) is 8.42 Å². The Hall–Kier alpha value is -2.36. The van der Waals surface area contributed by atoms with Crippen LogP contribution in [0.15, 0.2) is 47.4 Å². The molecule has 0 aromatic heterocycles. The smallest absolute Gasteiger partial charge is 0.238 e. The van der Waals surface area contributed by atoms with Gasteiger partial charge in [-0.05, 0) is 48.4 Å². The number of rotatable bonds is 4. The molecule has 0 saturated heterocycles. The van der Waals surface area contributed by atoms with Gasteiger partial charge in [-0.25, -0.2) is 13.6 Å². The quantitative estimate of drug-likeness (QED) is 0.935. The number of nitriles is 1. The molecule has 2 aromatic rings. The summed E-state index contributed by atoms with van der Waals surface area (Å²) < 4.78 is 28.2. The van der Waals surface area contributed by atoms with Crippen LogP contribution >= 0.6 is 0 Å². The molecule has 6 heteroatoms. The summed E-state index contributed by atoms with van der Waals surface area (Å²) in [6, 6.07) is 13.7. The fourth-order valence-corrected chi connectivity index (χ4v) is 2.64. The van der Waals surface area contributed by atoms with Gasteiger partial charge in [0.15, 0.2) is 0 Å². The Morgan fingerprint density at radius 3 is 2.38 bits per heavy atom. The van der Waals surface area contributed by atoms with Gasteiger partial charge in [0.25, 0.3) is 0 Å². The molecule has 0 spiro atoms. The normalized spacial score (nSPS) is 10.9. The number of hydrogen-bond acceptors (Lipinski definition) is 4. The Bertz CT molecular complexity index is 791. The first-order valence-electron chi connectivity index (χ1n) is 6.15. The maximum Gasteiger partial charge on any atom is 0.238 e. The van der Waals surface area contributed by atoms with Gasteiger partial charge in [-0.3, -0.25) is 0 Å². The molecule has 0 aliphatic heterocycles. The van der Waals surface area contributed by atoms with E-state index in [4.69, 9.17) is 15.1 Å². The molecule has 0 aliphatic carbocycles. The average Bonchev–Trinajstić information content (AvgIpc) is 2.44. The molecule has 2 aromatic carbocycles. The maximum absolute atomic E-state index is 11.3. The van der Waals surface area contributed by atoms with Crippen LogP contribution in [0.5, 0.6) is 5.75 Å². The van der Waals surface area contributed by atoms with Crippen LogP contribution in [-0.2, 0) is 16.6 Å². The fourth-order valence-electron chi connectivity index (χ4n) is 1.87. The number of sulfonamides is 1. The third-order valence-electron chi connectivity index (χ3n) is 2.94. The zero-order valence-electron chi connectivity index (χ0n) is 11.4. The fraction of sp³-hybridized carbons (Fsp3) is 0.133. The lowest BCUT2D eigenvalue weighted by molar-refractivity contribution is 0.306. The summed E-state index contributed by atoms with van der Waals surface area (Å²) in [6.45, 7) is 1.99. The van der Waals surface area contributed by atoms with E-state index in [1.807, 2.05) is 18.2 Å². The second-order valence-corrected chi connectivity index (χ2v) is 6.10. The predicted octanol–water partition coefficient (Wildman–Crippen LogP) is 2.09. The Labute approximate surface area is 123 Å². The molecule has 2 N–H and O–H groups in total. The first-order valence-corrected chi connectivity index (χ1v) is 7.70. The van der Waals surface area contributed by atoms with Gasteiger partial charge >= 0.3 is 0 Å². The lowest BCUT2D eigenvalue weighted by atomic mass is 10.1. The number of primary sulfonamides is 1. The molecule has 2 rings (SSSR count). The highest BCUT2D eigenvalue weighted by Gasteiger charge is 2.11. The largest absolute Gasteiger partial charge is 0.489 e. The van der Waals surface area contributed by atoms with E-state index in [1.54, 1.807) is 31.2 Å². The molecule has 0 saturated carbocycles. The minimum absolute atomic E-state index is 0.0909. The Balaban J connectivity index is 2.10. The van der Waals surface area contributed by atoms with E-state index in [2.05, 4.69) is 0 Å². The number of ether oxygens (including phenoxy) is 1. The third kappa shape index (κ3) is 3.81. The van der Waals surface area contributed by atoms with Crippen molar-refractivity contribution in [2.45, 2.75) is 18.4 Å². The van der Waals surface area contributed by atoms with Crippen molar-refractivity contribution < 1.29 is 13.2 Å². The molecule has 0 fully saturated rings. The van der Waals surface area contributed by atoms with Crippen LogP contribution in [-0.4, -0.2) is 8.42 Å². The van der Waals surface area contributed by atoms with Crippen molar-refractivity contribution in [3.8, 4) is 11.8 Å². The van der Waals surface area contributed by atoms with Crippen LogP contribution < -0.4 is 9.88 Å². The van der Waals surface area contributed by atoms with Crippen molar-refractivity contribution >= 4 is 10.0 Å². The molecule has 0 unspecified atom stereocenters. The molecule has 0 radical (unpaired) electrons. The first-order chi connectivity index (χ1) is 9.90.